The minimum Gasteiger partial charge on any atom is -0.378 e. The quantitative estimate of drug-likeness (QED) is 0.661. The molecule has 3 aromatic heterocycles. The van der Waals surface area contributed by atoms with Gasteiger partial charge in [0, 0.05) is 24.2 Å². The molecule has 1 aliphatic heterocycles. The zero-order valence-corrected chi connectivity index (χ0v) is 17.5. The molecular formula is C21H24N4O3S. The summed E-state index contributed by atoms with van der Waals surface area (Å²) in [5, 5.41) is 1.05. The maximum Gasteiger partial charge on any atom is 0.271 e. The maximum atomic E-state index is 13.1. The zero-order chi connectivity index (χ0) is 20.1. The van der Waals surface area contributed by atoms with E-state index in [-0.39, 0.29) is 18.0 Å². The molecule has 5 rings (SSSR count). The SMILES string of the molecule is CC(C)c1nc2sc3c(=O)n(CC(=O)N4CCOCC4)cnc3c2c2c1CCC2. The number of carbonyl (C=O) groups excluding carboxylic acids is 1. The van der Waals surface area contributed by atoms with Crippen LogP contribution in [-0.4, -0.2) is 51.6 Å². The van der Waals surface area contributed by atoms with Crippen molar-refractivity contribution in [3.8, 4) is 0 Å². The van der Waals surface area contributed by atoms with Crippen LogP contribution in [0.15, 0.2) is 11.1 Å². The van der Waals surface area contributed by atoms with Crippen LogP contribution in [0.4, 0.5) is 0 Å². The van der Waals surface area contributed by atoms with Crippen molar-refractivity contribution in [2.24, 2.45) is 0 Å². The van der Waals surface area contributed by atoms with Gasteiger partial charge in [-0.3, -0.25) is 14.2 Å². The Bertz CT molecular complexity index is 1170. The molecule has 0 unspecified atom stereocenters. The number of pyridine rings is 1. The van der Waals surface area contributed by atoms with Crippen molar-refractivity contribution in [1.82, 2.24) is 19.4 Å². The van der Waals surface area contributed by atoms with Crippen molar-refractivity contribution < 1.29 is 9.53 Å². The van der Waals surface area contributed by atoms with E-state index < -0.39 is 0 Å². The number of fused-ring (bicyclic) bond motifs is 5. The van der Waals surface area contributed by atoms with Gasteiger partial charge in [0.05, 0.1) is 25.1 Å². The first-order chi connectivity index (χ1) is 14.0. The first kappa shape index (κ1) is 18.7. The number of thiophene rings is 1. The van der Waals surface area contributed by atoms with Gasteiger partial charge >= 0.3 is 0 Å². The Morgan fingerprint density at radius 2 is 2.00 bits per heavy atom. The number of nitrogens with zero attached hydrogens (tertiary/aromatic N) is 4. The molecule has 1 saturated heterocycles. The molecule has 3 aromatic rings. The summed E-state index contributed by atoms with van der Waals surface area (Å²) in [5.74, 6) is 0.283. The zero-order valence-electron chi connectivity index (χ0n) is 16.7. The highest BCUT2D eigenvalue weighted by Crippen LogP contribution is 2.39. The third kappa shape index (κ3) is 3.05. The predicted molar refractivity (Wildman–Crippen MR) is 113 cm³/mol. The molecule has 1 amide bonds. The van der Waals surface area contributed by atoms with Crippen LogP contribution in [-0.2, 0) is 28.9 Å². The fourth-order valence-electron chi connectivity index (χ4n) is 4.47. The Balaban J connectivity index is 1.60. The third-order valence-electron chi connectivity index (χ3n) is 5.91. The van der Waals surface area contributed by atoms with Crippen LogP contribution in [0, 0.1) is 0 Å². The fraction of sp³-hybridized carbons (Fsp3) is 0.524. The first-order valence-electron chi connectivity index (χ1n) is 10.2. The minimum absolute atomic E-state index is 0.0127. The number of carbonyl (C=O) groups is 1. The van der Waals surface area contributed by atoms with Crippen LogP contribution in [0.5, 0.6) is 0 Å². The summed E-state index contributed by atoms with van der Waals surface area (Å²) < 4.78 is 7.32. The first-order valence-corrected chi connectivity index (χ1v) is 11.0. The molecule has 1 aliphatic carbocycles. The van der Waals surface area contributed by atoms with Gasteiger partial charge in [0.2, 0.25) is 5.91 Å². The van der Waals surface area contributed by atoms with Gasteiger partial charge in [0.1, 0.15) is 16.1 Å². The molecule has 29 heavy (non-hydrogen) atoms. The predicted octanol–water partition coefficient (Wildman–Crippen LogP) is 2.48. The van der Waals surface area contributed by atoms with E-state index in [1.165, 1.54) is 33.4 Å². The summed E-state index contributed by atoms with van der Waals surface area (Å²) in [7, 11) is 0. The average molecular weight is 413 g/mol. The Hall–Kier alpha value is -2.32. The second kappa shape index (κ2) is 7.18. The van der Waals surface area contributed by atoms with Gasteiger partial charge in [-0.1, -0.05) is 13.8 Å². The van der Waals surface area contributed by atoms with Crippen molar-refractivity contribution in [3.63, 3.8) is 0 Å². The van der Waals surface area contributed by atoms with Gasteiger partial charge in [-0.25, -0.2) is 9.97 Å². The molecule has 152 valence electrons. The minimum atomic E-state index is -0.155. The van der Waals surface area contributed by atoms with E-state index in [0.717, 1.165) is 40.7 Å². The van der Waals surface area contributed by atoms with Gasteiger partial charge in [-0.2, -0.15) is 0 Å². The molecule has 0 aromatic carbocycles. The maximum absolute atomic E-state index is 13.1. The van der Waals surface area contributed by atoms with Crippen molar-refractivity contribution in [2.75, 3.05) is 26.3 Å². The second-order valence-electron chi connectivity index (χ2n) is 8.09. The lowest BCUT2D eigenvalue weighted by Gasteiger charge is -2.26. The summed E-state index contributed by atoms with van der Waals surface area (Å²) in [6.45, 7) is 6.58. The van der Waals surface area contributed by atoms with Gasteiger partial charge in [-0.05, 0) is 36.3 Å². The number of rotatable bonds is 3. The number of morpholine rings is 1. The number of hydrogen-bond donors (Lipinski definition) is 0. The van der Waals surface area contributed by atoms with E-state index in [1.54, 1.807) is 4.90 Å². The summed E-state index contributed by atoms with van der Waals surface area (Å²) >= 11 is 1.41. The normalized spacial score (nSPS) is 16.9. The Morgan fingerprint density at radius 1 is 1.24 bits per heavy atom. The summed E-state index contributed by atoms with van der Waals surface area (Å²) in [6, 6.07) is 0. The molecule has 0 bridgehead atoms. The molecule has 0 spiro atoms. The Labute approximate surface area is 172 Å². The van der Waals surface area contributed by atoms with Gasteiger partial charge in [0.25, 0.3) is 5.56 Å². The molecule has 0 N–H and O–H groups in total. The highest BCUT2D eigenvalue weighted by atomic mass is 32.1. The molecular weight excluding hydrogens is 388 g/mol. The van der Waals surface area contributed by atoms with E-state index >= 15 is 0 Å². The van der Waals surface area contributed by atoms with Gasteiger partial charge in [0.15, 0.2) is 0 Å². The molecule has 7 nitrogen and oxygen atoms in total. The number of hydrogen-bond acceptors (Lipinski definition) is 6. The van der Waals surface area contributed by atoms with E-state index in [0.29, 0.717) is 36.9 Å². The van der Waals surface area contributed by atoms with E-state index in [9.17, 15) is 9.59 Å². The van der Waals surface area contributed by atoms with E-state index in [1.807, 2.05) is 0 Å². The summed E-state index contributed by atoms with van der Waals surface area (Å²) in [4.78, 5) is 37.9. The average Bonchev–Trinajstić information content (AvgIpc) is 3.34. The number of aryl methyl sites for hydroxylation is 1. The van der Waals surface area contributed by atoms with Crippen molar-refractivity contribution >= 4 is 37.7 Å². The van der Waals surface area contributed by atoms with Crippen LogP contribution < -0.4 is 5.56 Å². The van der Waals surface area contributed by atoms with Crippen LogP contribution in [0.3, 0.4) is 0 Å². The van der Waals surface area contributed by atoms with Crippen LogP contribution in [0.2, 0.25) is 0 Å². The van der Waals surface area contributed by atoms with Crippen molar-refractivity contribution in [2.45, 2.75) is 45.6 Å². The molecule has 0 saturated carbocycles. The lowest BCUT2D eigenvalue weighted by atomic mass is 9.99. The molecule has 2 aliphatic rings. The molecule has 0 atom stereocenters. The number of aromatic nitrogens is 3. The van der Waals surface area contributed by atoms with Crippen LogP contribution >= 0.6 is 11.3 Å². The number of ether oxygens (including phenoxy) is 1. The molecule has 4 heterocycles. The molecule has 0 radical (unpaired) electrons. The number of amides is 1. The second-order valence-corrected chi connectivity index (χ2v) is 9.09. The van der Waals surface area contributed by atoms with Crippen molar-refractivity contribution in [3.05, 3.63) is 33.5 Å². The lowest BCUT2D eigenvalue weighted by molar-refractivity contribution is -0.135. The van der Waals surface area contributed by atoms with Crippen molar-refractivity contribution in [1.29, 1.82) is 0 Å². The molecule has 1 fully saturated rings. The van der Waals surface area contributed by atoms with Gasteiger partial charge < -0.3 is 9.64 Å². The molecule has 8 heteroatoms. The summed E-state index contributed by atoms with van der Waals surface area (Å²) in [6.07, 6.45) is 4.71. The third-order valence-corrected chi connectivity index (χ3v) is 6.97. The summed E-state index contributed by atoms with van der Waals surface area (Å²) in [5.41, 5.74) is 4.41. The van der Waals surface area contributed by atoms with Crippen LogP contribution in [0.25, 0.3) is 20.4 Å². The fourth-order valence-corrected chi connectivity index (χ4v) is 5.58. The Kier molecular flexibility index (Phi) is 4.63. The Morgan fingerprint density at radius 3 is 2.76 bits per heavy atom. The van der Waals surface area contributed by atoms with Crippen LogP contribution in [0.1, 0.15) is 43.0 Å². The topological polar surface area (TPSA) is 77.3 Å². The largest absolute Gasteiger partial charge is 0.378 e. The van der Waals surface area contributed by atoms with E-state index in [2.05, 4.69) is 18.8 Å². The monoisotopic (exact) mass is 412 g/mol. The standard InChI is InChI=1S/C21H24N4O3S/c1-12(2)17-14-5-3-4-13(14)16-18-19(29-20(16)23-17)21(27)25(11-22-18)10-15(26)24-6-8-28-9-7-24/h11-12H,3-10H2,1-2H3. The van der Waals surface area contributed by atoms with E-state index in [4.69, 9.17) is 9.72 Å². The lowest BCUT2D eigenvalue weighted by Crippen LogP contribution is -2.43. The highest BCUT2D eigenvalue weighted by molar-refractivity contribution is 7.25. The van der Waals surface area contributed by atoms with Gasteiger partial charge in [-0.15, -0.1) is 11.3 Å². The smallest absolute Gasteiger partial charge is 0.271 e. The highest BCUT2D eigenvalue weighted by Gasteiger charge is 2.26.